The fraction of sp³-hybridized carbons (Fsp3) is 0.450. The molecule has 1 fully saturated rings. The summed E-state index contributed by atoms with van der Waals surface area (Å²) in [7, 11) is 1.55. The van der Waals surface area contributed by atoms with Gasteiger partial charge in [-0.05, 0) is 0 Å². The molecule has 2 aromatic rings. The molecule has 162 valence electrons. The minimum absolute atomic E-state index is 0.0395. The SMILES string of the molecule is CNc1nc(N2CCC(F)(C(=O)N3CCOc4c(C#N)cncc4C3)CC2)ncc1F. The van der Waals surface area contributed by atoms with Gasteiger partial charge in [0.15, 0.2) is 17.3 Å². The first-order valence-corrected chi connectivity index (χ1v) is 9.88. The maximum Gasteiger partial charge on any atom is 0.260 e. The predicted octanol–water partition coefficient (Wildman–Crippen LogP) is 1.65. The predicted molar refractivity (Wildman–Crippen MR) is 107 cm³/mol. The number of rotatable bonds is 3. The summed E-state index contributed by atoms with van der Waals surface area (Å²) in [6.45, 7) is 0.936. The first-order chi connectivity index (χ1) is 14.9. The number of amides is 1. The van der Waals surface area contributed by atoms with Crippen LogP contribution in [0.5, 0.6) is 5.75 Å². The topological polar surface area (TPSA) is 107 Å². The number of nitriles is 1. The Bertz CT molecular complexity index is 1030. The summed E-state index contributed by atoms with van der Waals surface area (Å²) in [5.41, 5.74) is -1.17. The van der Waals surface area contributed by atoms with Gasteiger partial charge in [0.25, 0.3) is 5.91 Å². The van der Waals surface area contributed by atoms with Gasteiger partial charge in [0.05, 0.1) is 19.3 Å². The molecule has 0 saturated carbocycles. The van der Waals surface area contributed by atoms with E-state index in [-0.39, 0.29) is 63.0 Å². The summed E-state index contributed by atoms with van der Waals surface area (Å²) >= 11 is 0. The Morgan fingerprint density at radius 2 is 2.06 bits per heavy atom. The van der Waals surface area contributed by atoms with Crippen molar-refractivity contribution in [3.05, 3.63) is 35.5 Å². The molecule has 2 aliphatic rings. The van der Waals surface area contributed by atoms with Gasteiger partial charge in [-0.1, -0.05) is 0 Å². The highest BCUT2D eigenvalue weighted by atomic mass is 19.1. The minimum atomic E-state index is -2.03. The number of ether oxygens (including phenoxy) is 1. The molecule has 4 rings (SSSR count). The van der Waals surface area contributed by atoms with Crippen molar-refractivity contribution in [1.82, 2.24) is 19.9 Å². The van der Waals surface area contributed by atoms with E-state index in [9.17, 15) is 14.4 Å². The maximum absolute atomic E-state index is 15.7. The van der Waals surface area contributed by atoms with Crippen molar-refractivity contribution in [3.63, 3.8) is 0 Å². The van der Waals surface area contributed by atoms with E-state index in [0.29, 0.717) is 11.3 Å². The molecule has 0 radical (unpaired) electrons. The third-order valence-electron chi connectivity index (χ3n) is 5.54. The minimum Gasteiger partial charge on any atom is -0.490 e. The van der Waals surface area contributed by atoms with Crippen molar-refractivity contribution < 1.29 is 18.3 Å². The molecule has 0 aromatic carbocycles. The number of hydrogen-bond acceptors (Lipinski definition) is 8. The summed E-state index contributed by atoms with van der Waals surface area (Å²) in [6, 6.07) is 2.02. The average Bonchev–Trinajstić information content (AvgIpc) is 3.02. The van der Waals surface area contributed by atoms with E-state index < -0.39 is 17.4 Å². The number of alkyl halides is 1. The van der Waals surface area contributed by atoms with Gasteiger partial charge >= 0.3 is 0 Å². The summed E-state index contributed by atoms with van der Waals surface area (Å²) in [5.74, 6) is -0.443. The monoisotopic (exact) mass is 429 g/mol. The van der Waals surface area contributed by atoms with Crippen molar-refractivity contribution in [2.75, 3.05) is 43.5 Å². The highest BCUT2D eigenvalue weighted by molar-refractivity contribution is 5.85. The number of anilines is 2. The highest BCUT2D eigenvalue weighted by Gasteiger charge is 2.45. The number of aromatic nitrogens is 3. The van der Waals surface area contributed by atoms with E-state index in [1.54, 1.807) is 11.9 Å². The Kier molecular flexibility index (Phi) is 5.54. The van der Waals surface area contributed by atoms with Crippen LogP contribution in [0.3, 0.4) is 0 Å². The van der Waals surface area contributed by atoms with Gasteiger partial charge in [0.2, 0.25) is 5.95 Å². The quantitative estimate of drug-likeness (QED) is 0.785. The lowest BCUT2D eigenvalue weighted by Gasteiger charge is -2.37. The van der Waals surface area contributed by atoms with E-state index in [2.05, 4.69) is 20.3 Å². The molecular weight excluding hydrogens is 408 g/mol. The third kappa shape index (κ3) is 3.93. The fourth-order valence-electron chi connectivity index (χ4n) is 3.81. The number of nitrogens with one attached hydrogen (secondary N) is 1. The lowest BCUT2D eigenvalue weighted by atomic mass is 9.91. The van der Waals surface area contributed by atoms with Crippen LogP contribution in [-0.2, 0) is 11.3 Å². The van der Waals surface area contributed by atoms with Crippen LogP contribution >= 0.6 is 0 Å². The number of fused-ring (bicyclic) bond motifs is 1. The van der Waals surface area contributed by atoms with Crippen LogP contribution in [-0.4, -0.2) is 64.7 Å². The molecule has 11 heteroatoms. The van der Waals surface area contributed by atoms with Gasteiger partial charge in [-0.2, -0.15) is 10.2 Å². The standard InChI is InChI=1S/C20H21F2N7O2/c1-24-17-15(21)11-26-19(27-17)28-4-2-20(22,3-5-28)18(30)29-6-7-31-16-13(8-23)9-25-10-14(16)12-29/h9-11H,2-7,12H2,1H3,(H,24,26,27). The molecule has 1 amide bonds. The summed E-state index contributed by atoms with van der Waals surface area (Å²) in [5, 5.41) is 11.9. The average molecular weight is 429 g/mol. The van der Waals surface area contributed by atoms with Crippen LogP contribution in [0.15, 0.2) is 18.6 Å². The van der Waals surface area contributed by atoms with E-state index in [0.717, 1.165) is 6.20 Å². The number of piperidine rings is 1. The smallest absolute Gasteiger partial charge is 0.260 e. The van der Waals surface area contributed by atoms with Crippen molar-refractivity contribution in [2.24, 2.45) is 0 Å². The van der Waals surface area contributed by atoms with Gasteiger partial charge in [-0.15, -0.1) is 0 Å². The first-order valence-electron chi connectivity index (χ1n) is 9.88. The van der Waals surface area contributed by atoms with Gasteiger partial charge in [0, 0.05) is 50.9 Å². The first kappa shape index (κ1) is 20.7. The molecule has 9 nitrogen and oxygen atoms in total. The Hall–Kier alpha value is -3.55. The molecule has 1 saturated heterocycles. The van der Waals surface area contributed by atoms with Crippen LogP contribution in [0.25, 0.3) is 0 Å². The Morgan fingerprint density at radius 3 is 2.77 bits per heavy atom. The molecule has 0 bridgehead atoms. The zero-order chi connectivity index (χ0) is 22.0. The molecule has 31 heavy (non-hydrogen) atoms. The molecule has 1 N–H and O–H groups in total. The van der Waals surface area contributed by atoms with Crippen molar-refractivity contribution in [3.8, 4) is 11.8 Å². The maximum atomic E-state index is 15.7. The van der Waals surface area contributed by atoms with Gasteiger partial charge in [-0.3, -0.25) is 9.78 Å². The van der Waals surface area contributed by atoms with Crippen LogP contribution in [0, 0.1) is 17.1 Å². The molecule has 0 unspecified atom stereocenters. The van der Waals surface area contributed by atoms with E-state index in [1.165, 1.54) is 17.3 Å². The Labute approximate surface area is 177 Å². The van der Waals surface area contributed by atoms with Crippen LogP contribution in [0.1, 0.15) is 24.0 Å². The van der Waals surface area contributed by atoms with E-state index in [4.69, 9.17) is 4.74 Å². The van der Waals surface area contributed by atoms with Crippen LogP contribution in [0.4, 0.5) is 20.5 Å². The molecule has 2 aromatic heterocycles. The summed E-state index contributed by atoms with van der Waals surface area (Å²) in [6.07, 6.45) is 3.92. The lowest BCUT2D eigenvalue weighted by Crippen LogP contribution is -2.53. The van der Waals surface area contributed by atoms with Crippen LogP contribution < -0.4 is 15.0 Å². The Balaban J connectivity index is 1.46. The zero-order valence-electron chi connectivity index (χ0n) is 16.9. The van der Waals surface area contributed by atoms with Crippen molar-refractivity contribution in [2.45, 2.75) is 25.1 Å². The second-order valence-electron chi connectivity index (χ2n) is 7.43. The summed E-state index contributed by atoms with van der Waals surface area (Å²) < 4.78 is 34.9. The van der Waals surface area contributed by atoms with E-state index in [1.807, 2.05) is 6.07 Å². The third-order valence-corrected chi connectivity index (χ3v) is 5.54. The lowest BCUT2D eigenvalue weighted by molar-refractivity contribution is -0.146. The second kappa shape index (κ2) is 8.29. The van der Waals surface area contributed by atoms with Crippen LogP contribution in [0.2, 0.25) is 0 Å². The highest BCUT2D eigenvalue weighted by Crippen LogP contribution is 2.33. The number of halogens is 2. The molecule has 0 aliphatic carbocycles. The number of carbonyl (C=O) groups excluding carboxylic acids is 1. The molecule has 0 atom stereocenters. The molecule has 0 spiro atoms. The molecule has 2 aliphatic heterocycles. The van der Waals surface area contributed by atoms with Crippen molar-refractivity contribution >= 4 is 17.7 Å². The number of hydrogen-bond donors (Lipinski definition) is 1. The Morgan fingerprint density at radius 1 is 1.29 bits per heavy atom. The molecule has 4 heterocycles. The van der Waals surface area contributed by atoms with E-state index >= 15 is 4.39 Å². The van der Waals surface area contributed by atoms with Crippen molar-refractivity contribution in [1.29, 1.82) is 5.26 Å². The summed E-state index contributed by atoms with van der Waals surface area (Å²) in [4.78, 5) is 28.3. The van der Waals surface area contributed by atoms with Gasteiger partial charge < -0.3 is 19.9 Å². The number of nitrogens with zero attached hydrogens (tertiary/aromatic N) is 6. The fourth-order valence-corrected chi connectivity index (χ4v) is 3.81. The molecular formula is C20H21F2N7O2. The van der Waals surface area contributed by atoms with Gasteiger partial charge in [0.1, 0.15) is 24.0 Å². The normalized spacial score (nSPS) is 17.7. The zero-order valence-corrected chi connectivity index (χ0v) is 16.9. The van der Waals surface area contributed by atoms with Gasteiger partial charge in [-0.25, -0.2) is 13.8 Å². The number of carbonyl (C=O) groups is 1. The second-order valence-corrected chi connectivity index (χ2v) is 7.43. The number of pyridine rings is 1. The largest absolute Gasteiger partial charge is 0.490 e.